The summed E-state index contributed by atoms with van der Waals surface area (Å²) in [6.45, 7) is 0.305. The van der Waals surface area contributed by atoms with Crippen molar-refractivity contribution in [2.45, 2.75) is 6.10 Å². The van der Waals surface area contributed by atoms with Crippen molar-refractivity contribution in [1.29, 1.82) is 0 Å². The summed E-state index contributed by atoms with van der Waals surface area (Å²) in [5.41, 5.74) is 6.68. The lowest BCUT2D eigenvalue weighted by Gasteiger charge is -2.20. The summed E-state index contributed by atoms with van der Waals surface area (Å²) in [7, 11) is 1.61. The van der Waals surface area contributed by atoms with Crippen molar-refractivity contribution in [1.82, 2.24) is 0 Å². The number of rotatable bonds is 5. The summed E-state index contributed by atoms with van der Waals surface area (Å²) in [5.74, 6) is 1.27. The zero-order valence-electron chi connectivity index (χ0n) is 11.0. The Morgan fingerprint density at radius 2 is 1.85 bits per heavy atom. The Morgan fingerprint density at radius 3 is 2.50 bits per heavy atom. The number of ether oxygens (including phenoxy) is 2. The Bertz CT molecular complexity index is 590. The molecule has 1 atom stereocenters. The highest BCUT2D eigenvalue weighted by Gasteiger charge is 2.17. The number of hydrogen-bond acceptors (Lipinski definition) is 3. The van der Waals surface area contributed by atoms with Crippen molar-refractivity contribution in [2.75, 3.05) is 13.7 Å². The second-order valence-electron chi connectivity index (χ2n) is 4.16. The van der Waals surface area contributed by atoms with Crippen LogP contribution < -0.4 is 15.2 Å². The van der Waals surface area contributed by atoms with Gasteiger partial charge in [-0.15, -0.1) is 0 Å². The van der Waals surface area contributed by atoms with E-state index in [2.05, 4.69) is 0 Å². The van der Waals surface area contributed by atoms with Crippen LogP contribution in [-0.4, -0.2) is 13.7 Å². The molecule has 0 saturated carbocycles. The first-order chi connectivity index (χ1) is 9.65. The molecule has 0 spiro atoms. The molecule has 1 unspecified atom stereocenters. The molecule has 3 nitrogen and oxygen atoms in total. The molecule has 0 aliphatic carbocycles. The molecule has 0 saturated heterocycles. The van der Waals surface area contributed by atoms with Gasteiger partial charge in [-0.1, -0.05) is 41.4 Å². The lowest BCUT2D eigenvalue weighted by molar-refractivity contribution is 0.209. The third kappa shape index (κ3) is 3.37. The molecule has 0 radical (unpaired) electrons. The summed E-state index contributed by atoms with van der Waals surface area (Å²) >= 11 is 12.0. The summed E-state index contributed by atoms with van der Waals surface area (Å²) in [6.07, 6.45) is -0.343. The molecule has 5 heteroatoms. The van der Waals surface area contributed by atoms with Gasteiger partial charge in [0.15, 0.2) is 0 Å². The van der Waals surface area contributed by atoms with Gasteiger partial charge >= 0.3 is 0 Å². The Balaban J connectivity index is 2.29. The molecule has 0 bridgehead atoms. The fraction of sp³-hybridized carbons (Fsp3) is 0.200. The maximum atomic E-state index is 6.11. The zero-order valence-corrected chi connectivity index (χ0v) is 12.5. The lowest BCUT2D eigenvalue weighted by atomic mass is 10.1. The van der Waals surface area contributed by atoms with Gasteiger partial charge in [0.2, 0.25) is 0 Å². The lowest BCUT2D eigenvalue weighted by Crippen LogP contribution is -2.19. The van der Waals surface area contributed by atoms with Gasteiger partial charge in [-0.2, -0.15) is 0 Å². The largest absolute Gasteiger partial charge is 0.496 e. The SMILES string of the molecule is COc1ccccc1C(CN)Oc1ccc(Cl)cc1Cl. The van der Waals surface area contributed by atoms with Crippen molar-refractivity contribution >= 4 is 23.2 Å². The summed E-state index contributed by atoms with van der Waals surface area (Å²) in [4.78, 5) is 0. The average molecular weight is 312 g/mol. The van der Waals surface area contributed by atoms with Gasteiger partial charge in [-0.3, -0.25) is 0 Å². The second-order valence-corrected chi connectivity index (χ2v) is 5.00. The highest BCUT2D eigenvalue weighted by molar-refractivity contribution is 6.35. The molecule has 0 fully saturated rings. The maximum absolute atomic E-state index is 6.11. The summed E-state index contributed by atoms with van der Waals surface area (Å²) in [5, 5.41) is 1.01. The van der Waals surface area contributed by atoms with Crippen LogP contribution in [0.1, 0.15) is 11.7 Å². The summed E-state index contributed by atoms with van der Waals surface area (Å²) in [6, 6.07) is 12.7. The topological polar surface area (TPSA) is 44.5 Å². The monoisotopic (exact) mass is 311 g/mol. The zero-order chi connectivity index (χ0) is 14.5. The van der Waals surface area contributed by atoms with Crippen molar-refractivity contribution in [2.24, 2.45) is 5.73 Å². The van der Waals surface area contributed by atoms with Gasteiger partial charge in [0.05, 0.1) is 12.1 Å². The van der Waals surface area contributed by atoms with Crippen LogP contribution >= 0.6 is 23.2 Å². The molecule has 0 aromatic heterocycles. The van der Waals surface area contributed by atoms with E-state index in [1.807, 2.05) is 24.3 Å². The van der Waals surface area contributed by atoms with E-state index in [1.54, 1.807) is 25.3 Å². The fourth-order valence-electron chi connectivity index (χ4n) is 1.90. The molecular formula is C15H15Cl2NO2. The molecule has 0 amide bonds. The van der Waals surface area contributed by atoms with Crippen molar-refractivity contribution in [3.05, 3.63) is 58.1 Å². The Hall–Kier alpha value is -1.42. The molecule has 0 aliphatic rings. The highest BCUT2D eigenvalue weighted by atomic mass is 35.5. The van der Waals surface area contributed by atoms with Gasteiger partial charge in [-0.25, -0.2) is 0 Å². The molecule has 0 heterocycles. The van der Waals surface area contributed by atoms with Crippen LogP contribution in [0.15, 0.2) is 42.5 Å². The molecule has 2 N–H and O–H groups in total. The van der Waals surface area contributed by atoms with E-state index < -0.39 is 0 Å². The van der Waals surface area contributed by atoms with E-state index in [9.17, 15) is 0 Å². The van der Waals surface area contributed by atoms with Crippen molar-refractivity contribution in [3.8, 4) is 11.5 Å². The molecule has 2 rings (SSSR count). The predicted octanol–water partition coefficient (Wildman–Crippen LogP) is 4.08. The minimum absolute atomic E-state index is 0.305. The van der Waals surface area contributed by atoms with E-state index in [4.69, 9.17) is 38.4 Å². The molecule has 20 heavy (non-hydrogen) atoms. The third-order valence-corrected chi connectivity index (χ3v) is 3.39. The fourth-order valence-corrected chi connectivity index (χ4v) is 2.35. The number of halogens is 2. The first kappa shape index (κ1) is 15.0. The van der Waals surface area contributed by atoms with E-state index in [-0.39, 0.29) is 6.10 Å². The minimum atomic E-state index is -0.343. The van der Waals surface area contributed by atoms with Crippen LogP contribution in [0.25, 0.3) is 0 Å². The molecule has 2 aromatic rings. The first-order valence-electron chi connectivity index (χ1n) is 6.10. The van der Waals surface area contributed by atoms with Crippen LogP contribution in [0.5, 0.6) is 11.5 Å². The molecule has 106 valence electrons. The van der Waals surface area contributed by atoms with E-state index in [0.29, 0.717) is 22.3 Å². The van der Waals surface area contributed by atoms with Crippen molar-refractivity contribution in [3.63, 3.8) is 0 Å². The molecule has 2 aromatic carbocycles. The van der Waals surface area contributed by atoms with Crippen molar-refractivity contribution < 1.29 is 9.47 Å². The Kier molecular flexibility index (Phi) is 5.12. The average Bonchev–Trinajstić information content (AvgIpc) is 2.46. The maximum Gasteiger partial charge on any atom is 0.140 e. The second kappa shape index (κ2) is 6.84. The minimum Gasteiger partial charge on any atom is -0.496 e. The molecular weight excluding hydrogens is 297 g/mol. The quantitative estimate of drug-likeness (QED) is 0.904. The normalized spacial score (nSPS) is 12.0. The van der Waals surface area contributed by atoms with E-state index in [1.165, 1.54) is 0 Å². The highest BCUT2D eigenvalue weighted by Crippen LogP contribution is 2.33. The predicted molar refractivity (Wildman–Crippen MR) is 81.9 cm³/mol. The Labute approximate surface area is 128 Å². The first-order valence-corrected chi connectivity index (χ1v) is 6.86. The van der Waals surface area contributed by atoms with Crippen LogP contribution in [-0.2, 0) is 0 Å². The standard InChI is InChI=1S/C15H15Cl2NO2/c1-19-13-5-3-2-4-11(13)15(9-18)20-14-7-6-10(16)8-12(14)17/h2-8,15H,9,18H2,1H3. The number of benzene rings is 2. The van der Waals surface area contributed by atoms with Gasteiger partial charge in [0, 0.05) is 17.1 Å². The van der Waals surface area contributed by atoms with Crippen LogP contribution in [0.4, 0.5) is 0 Å². The van der Waals surface area contributed by atoms with Gasteiger partial charge in [0.1, 0.15) is 17.6 Å². The van der Waals surface area contributed by atoms with Gasteiger partial charge in [0.25, 0.3) is 0 Å². The van der Waals surface area contributed by atoms with Crippen LogP contribution in [0.3, 0.4) is 0 Å². The third-order valence-electron chi connectivity index (χ3n) is 2.86. The van der Waals surface area contributed by atoms with Gasteiger partial charge in [-0.05, 0) is 24.3 Å². The van der Waals surface area contributed by atoms with E-state index in [0.717, 1.165) is 11.3 Å². The number of nitrogens with two attached hydrogens (primary N) is 1. The number of hydrogen-bond donors (Lipinski definition) is 1. The van der Waals surface area contributed by atoms with Crippen LogP contribution in [0, 0.1) is 0 Å². The summed E-state index contributed by atoms with van der Waals surface area (Å²) < 4.78 is 11.2. The van der Waals surface area contributed by atoms with Gasteiger partial charge < -0.3 is 15.2 Å². The number of methoxy groups -OCH3 is 1. The number of para-hydroxylation sites is 1. The van der Waals surface area contributed by atoms with E-state index >= 15 is 0 Å². The molecule has 0 aliphatic heterocycles. The smallest absolute Gasteiger partial charge is 0.140 e. The van der Waals surface area contributed by atoms with Crippen LogP contribution in [0.2, 0.25) is 10.0 Å². The Morgan fingerprint density at radius 1 is 1.10 bits per heavy atom.